The minimum absolute atomic E-state index is 0.334. The number of ether oxygens (including phenoxy) is 1. The molecule has 1 rings (SSSR count). The molecule has 0 aliphatic heterocycles. The van der Waals surface area contributed by atoms with Crippen LogP contribution in [-0.4, -0.2) is 19.3 Å². The Morgan fingerprint density at radius 1 is 1.05 bits per heavy atom. The summed E-state index contributed by atoms with van der Waals surface area (Å²) < 4.78 is 5.57. The van der Waals surface area contributed by atoms with E-state index in [-0.39, 0.29) is 0 Å². The van der Waals surface area contributed by atoms with Crippen molar-refractivity contribution in [3.8, 4) is 0 Å². The van der Waals surface area contributed by atoms with Crippen molar-refractivity contribution in [3.05, 3.63) is 35.9 Å². The van der Waals surface area contributed by atoms with Crippen LogP contribution in [0.25, 0.3) is 0 Å². The first-order valence-corrected chi connectivity index (χ1v) is 7.49. The van der Waals surface area contributed by atoms with Gasteiger partial charge < -0.3 is 10.1 Å². The van der Waals surface area contributed by atoms with E-state index in [2.05, 4.69) is 63.3 Å². The highest BCUT2D eigenvalue weighted by molar-refractivity contribution is 5.18. The Morgan fingerprint density at radius 3 is 2.32 bits per heavy atom. The van der Waals surface area contributed by atoms with E-state index in [1.165, 1.54) is 12.0 Å². The van der Waals surface area contributed by atoms with Crippen molar-refractivity contribution in [2.24, 2.45) is 5.92 Å². The van der Waals surface area contributed by atoms with Gasteiger partial charge in [0.25, 0.3) is 0 Å². The van der Waals surface area contributed by atoms with Gasteiger partial charge in [0, 0.05) is 12.6 Å². The number of rotatable bonds is 9. The standard InChI is InChI=1S/C17H29NO/c1-14(2)13-17(16-9-6-5-7-10-16)18-11-8-12-19-15(3)4/h5-7,9-10,14-15,17-18H,8,11-13H2,1-4H3. The fourth-order valence-corrected chi connectivity index (χ4v) is 2.16. The third-order valence-electron chi connectivity index (χ3n) is 3.07. The van der Waals surface area contributed by atoms with Crippen molar-refractivity contribution in [3.63, 3.8) is 0 Å². The molecule has 2 nitrogen and oxygen atoms in total. The van der Waals surface area contributed by atoms with Gasteiger partial charge in [0.1, 0.15) is 0 Å². The van der Waals surface area contributed by atoms with Crippen LogP contribution in [0.1, 0.15) is 52.1 Å². The van der Waals surface area contributed by atoms with Gasteiger partial charge in [0.2, 0.25) is 0 Å². The highest BCUT2D eigenvalue weighted by atomic mass is 16.5. The van der Waals surface area contributed by atoms with E-state index in [0.717, 1.165) is 19.6 Å². The van der Waals surface area contributed by atoms with Crippen LogP contribution in [0.15, 0.2) is 30.3 Å². The van der Waals surface area contributed by atoms with Gasteiger partial charge in [-0.05, 0) is 44.7 Å². The molecule has 0 saturated carbocycles. The molecule has 0 bridgehead atoms. The molecule has 2 heteroatoms. The lowest BCUT2D eigenvalue weighted by Gasteiger charge is -2.21. The zero-order valence-electron chi connectivity index (χ0n) is 12.9. The van der Waals surface area contributed by atoms with E-state index in [1.807, 2.05) is 0 Å². The van der Waals surface area contributed by atoms with Crippen molar-refractivity contribution in [2.45, 2.75) is 52.7 Å². The highest BCUT2D eigenvalue weighted by Crippen LogP contribution is 2.20. The molecule has 0 heterocycles. The van der Waals surface area contributed by atoms with Crippen molar-refractivity contribution < 1.29 is 4.74 Å². The second kappa shape index (κ2) is 9.11. The zero-order valence-corrected chi connectivity index (χ0v) is 12.9. The normalized spacial score (nSPS) is 13.2. The summed E-state index contributed by atoms with van der Waals surface area (Å²) in [6, 6.07) is 11.2. The van der Waals surface area contributed by atoms with Crippen LogP contribution >= 0.6 is 0 Å². The van der Waals surface area contributed by atoms with Crippen LogP contribution in [0, 0.1) is 5.92 Å². The SMILES string of the molecule is CC(C)CC(NCCCOC(C)C)c1ccccc1. The lowest BCUT2D eigenvalue weighted by atomic mass is 9.97. The minimum Gasteiger partial charge on any atom is -0.379 e. The summed E-state index contributed by atoms with van der Waals surface area (Å²) in [6.45, 7) is 10.6. The quantitative estimate of drug-likeness (QED) is 0.675. The van der Waals surface area contributed by atoms with Gasteiger partial charge in [-0.3, -0.25) is 0 Å². The van der Waals surface area contributed by atoms with Crippen LogP contribution in [0.4, 0.5) is 0 Å². The summed E-state index contributed by atoms with van der Waals surface area (Å²) in [5.74, 6) is 0.699. The summed E-state index contributed by atoms with van der Waals surface area (Å²) >= 11 is 0. The Hall–Kier alpha value is -0.860. The third kappa shape index (κ3) is 7.34. The molecule has 0 aromatic heterocycles. The van der Waals surface area contributed by atoms with E-state index in [0.29, 0.717) is 18.1 Å². The summed E-state index contributed by atoms with van der Waals surface area (Å²) in [7, 11) is 0. The molecule has 0 saturated heterocycles. The summed E-state index contributed by atoms with van der Waals surface area (Å²) in [5, 5.41) is 3.66. The molecule has 1 aromatic carbocycles. The van der Waals surface area contributed by atoms with Gasteiger partial charge in [0.05, 0.1) is 6.10 Å². The average Bonchev–Trinajstić information content (AvgIpc) is 2.37. The first-order chi connectivity index (χ1) is 9.09. The number of benzene rings is 1. The van der Waals surface area contributed by atoms with E-state index >= 15 is 0 Å². The first kappa shape index (κ1) is 16.2. The van der Waals surface area contributed by atoms with Crippen LogP contribution in [0.5, 0.6) is 0 Å². The lowest BCUT2D eigenvalue weighted by Crippen LogP contribution is -2.25. The Morgan fingerprint density at radius 2 is 1.74 bits per heavy atom. The third-order valence-corrected chi connectivity index (χ3v) is 3.07. The molecule has 0 amide bonds. The topological polar surface area (TPSA) is 21.3 Å². The predicted molar refractivity (Wildman–Crippen MR) is 82.3 cm³/mol. The largest absolute Gasteiger partial charge is 0.379 e. The lowest BCUT2D eigenvalue weighted by molar-refractivity contribution is 0.0766. The molecular formula is C17H29NO. The maximum absolute atomic E-state index is 5.57. The molecule has 1 atom stereocenters. The Bertz CT molecular complexity index is 321. The van der Waals surface area contributed by atoms with E-state index in [4.69, 9.17) is 4.74 Å². The molecular weight excluding hydrogens is 234 g/mol. The van der Waals surface area contributed by atoms with Gasteiger partial charge in [0.15, 0.2) is 0 Å². The Labute approximate surface area is 118 Å². The van der Waals surface area contributed by atoms with Crippen LogP contribution < -0.4 is 5.32 Å². The molecule has 0 aliphatic rings. The van der Waals surface area contributed by atoms with Crippen molar-refractivity contribution in [1.82, 2.24) is 5.32 Å². The van der Waals surface area contributed by atoms with Crippen LogP contribution in [0.2, 0.25) is 0 Å². The minimum atomic E-state index is 0.334. The Kier molecular flexibility index (Phi) is 7.76. The van der Waals surface area contributed by atoms with E-state index in [9.17, 15) is 0 Å². The molecule has 0 fully saturated rings. The van der Waals surface area contributed by atoms with Crippen LogP contribution in [0.3, 0.4) is 0 Å². The molecule has 19 heavy (non-hydrogen) atoms. The molecule has 0 aliphatic carbocycles. The van der Waals surface area contributed by atoms with E-state index in [1.54, 1.807) is 0 Å². The predicted octanol–water partition coefficient (Wildman–Crippen LogP) is 4.18. The second-order valence-corrected chi connectivity index (χ2v) is 5.82. The zero-order chi connectivity index (χ0) is 14.1. The summed E-state index contributed by atoms with van der Waals surface area (Å²) in [5.41, 5.74) is 1.39. The van der Waals surface area contributed by atoms with Gasteiger partial charge in [-0.1, -0.05) is 44.2 Å². The van der Waals surface area contributed by atoms with Gasteiger partial charge in [-0.25, -0.2) is 0 Å². The van der Waals surface area contributed by atoms with Crippen molar-refractivity contribution in [1.29, 1.82) is 0 Å². The molecule has 1 N–H and O–H groups in total. The van der Waals surface area contributed by atoms with Gasteiger partial charge in [-0.15, -0.1) is 0 Å². The fourth-order valence-electron chi connectivity index (χ4n) is 2.16. The Balaban J connectivity index is 2.38. The second-order valence-electron chi connectivity index (χ2n) is 5.82. The monoisotopic (exact) mass is 263 g/mol. The first-order valence-electron chi connectivity index (χ1n) is 7.49. The molecule has 108 valence electrons. The average molecular weight is 263 g/mol. The molecule has 1 aromatic rings. The van der Waals surface area contributed by atoms with E-state index < -0.39 is 0 Å². The maximum atomic E-state index is 5.57. The highest BCUT2D eigenvalue weighted by Gasteiger charge is 2.12. The molecule has 0 radical (unpaired) electrons. The van der Waals surface area contributed by atoms with Gasteiger partial charge in [-0.2, -0.15) is 0 Å². The fraction of sp³-hybridized carbons (Fsp3) is 0.647. The molecule has 1 unspecified atom stereocenters. The summed E-state index contributed by atoms with van der Waals surface area (Å²) in [6.07, 6.45) is 2.58. The van der Waals surface area contributed by atoms with Crippen molar-refractivity contribution >= 4 is 0 Å². The maximum Gasteiger partial charge on any atom is 0.0518 e. The van der Waals surface area contributed by atoms with Crippen molar-refractivity contribution in [2.75, 3.05) is 13.2 Å². The van der Waals surface area contributed by atoms with Crippen LogP contribution in [-0.2, 0) is 4.74 Å². The number of nitrogens with one attached hydrogen (secondary N) is 1. The smallest absolute Gasteiger partial charge is 0.0518 e. The number of hydrogen-bond acceptors (Lipinski definition) is 2. The summed E-state index contributed by atoms with van der Waals surface area (Å²) in [4.78, 5) is 0. The molecule has 0 spiro atoms. The number of hydrogen-bond donors (Lipinski definition) is 1. The van der Waals surface area contributed by atoms with Gasteiger partial charge >= 0.3 is 0 Å².